The molecule has 1 amide bonds. The normalized spacial score (nSPS) is 10.3. The van der Waals surface area contributed by atoms with Crippen molar-refractivity contribution in [2.75, 3.05) is 17.7 Å². The molecule has 0 spiro atoms. The highest BCUT2D eigenvalue weighted by atomic mass is 127. The number of benzene rings is 2. The topological polar surface area (TPSA) is 46.3 Å². The van der Waals surface area contributed by atoms with Crippen LogP contribution < -0.4 is 10.6 Å². The summed E-state index contributed by atoms with van der Waals surface area (Å²) in [6.45, 7) is 0. The van der Waals surface area contributed by atoms with Gasteiger partial charge in [0, 0.05) is 15.6 Å². The van der Waals surface area contributed by atoms with E-state index in [0.717, 1.165) is 3.57 Å². The fraction of sp³-hybridized carbons (Fsp3) is 0.0714. The summed E-state index contributed by atoms with van der Waals surface area (Å²) >= 11 is 8.09. The van der Waals surface area contributed by atoms with Crippen LogP contribution in [0.5, 0.6) is 0 Å². The maximum absolute atomic E-state index is 12.5. The second-order valence-electron chi connectivity index (χ2n) is 4.05. The van der Waals surface area contributed by atoms with E-state index in [1.807, 2.05) is 18.2 Å². The first-order valence-corrected chi connectivity index (χ1v) is 7.04. The minimum absolute atomic E-state index is 0.112. The number of nitrogens with zero attached hydrogens (tertiary/aromatic N) is 1. The number of anilines is 2. The highest BCUT2D eigenvalue weighted by Crippen LogP contribution is 2.27. The van der Waals surface area contributed by atoms with Crippen molar-refractivity contribution < 1.29 is 4.79 Å². The third kappa shape index (κ3) is 3.01. The van der Waals surface area contributed by atoms with E-state index in [2.05, 4.69) is 22.6 Å². The Balaban J connectivity index is 2.39. The molecule has 0 saturated heterocycles. The maximum atomic E-state index is 12.5. The summed E-state index contributed by atoms with van der Waals surface area (Å²) in [4.78, 5) is 14.0. The number of amides is 1. The molecule has 3 nitrogen and oxygen atoms in total. The van der Waals surface area contributed by atoms with Crippen molar-refractivity contribution in [1.82, 2.24) is 0 Å². The van der Waals surface area contributed by atoms with Crippen LogP contribution >= 0.6 is 34.2 Å². The number of carbonyl (C=O) groups excluding carboxylic acids is 1. The molecule has 0 heterocycles. The molecule has 2 rings (SSSR count). The molecule has 0 atom stereocenters. The monoisotopic (exact) mass is 386 g/mol. The van der Waals surface area contributed by atoms with E-state index in [4.69, 9.17) is 17.3 Å². The number of nitrogen functional groups attached to an aromatic ring is 1. The van der Waals surface area contributed by atoms with Crippen molar-refractivity contribution in [3.05, 3.63) is 56.6 Å². The van der Waals surface area contributed by atoms with Gasteiger partial charge in [-0.15, -0.1) is 0 Å². The minimum atomic E-state index is -0.112. The van der Waals surface area contributed by atoms with Crippen molar-refractivity contribution in [2.24, 2.45) is 0 Å². The first kappa shape index (κ1) is 14.1. The van der Waals surface area contributed by atoms with Crippen LogP contribution in [0.4, 0.5) is 11.4 Å². The van der Waals surface area contributed by atoms with E-state index >= 15 is 0 Å². The second kappa shape index (κ2) is 5.79. The number of carbonyl (C=O) groups is 1. The summed E-state index contributed by atoms with van der Waals surface area (Å²) in [7, 11) is 1.69. The Bertz CT molecular complexity index is 631. The van der Waals surface area contributed by atoms with E-state index in [9.17, 15) is 4.79 Å². The summed E-state index contributed by atoms with van der Waals surface area (Å²) in [6.07, 6.45) is 0. The number of halogens is 2. The summed E-state index contributed by atoms with van der Waals surface area (Å²) in [5, 5.41) is 0.548. The van der Waals surface area contributed by atoms with Gasteiger partial charge in [-0.1, -0.05) is 23.7 Å². The number of hydrogen-bond acceptors (Lipinski definition) is 2. The molecule has 0 radical (unpaired) electrons. The fourth-order valence-electron chi connectivity index (χ4n) is 1.73. The van der Waals surface area contributed by atoms with Gasteiger partial charge in [-0.3, -0.25) is 4.79 Å². The van der Waals surface area contributed by atoms with Crippen LogP contribution in [-0.4, -0.2) is 13.0 Å². The lowest BCUT2D eigenvalue weighted by Crippen LogP contribution is -2.27. The third-order valence-electron chi connectivity index (χ3n) is 2.76. The van der Waals surface area contributed by atoms with Gasteiger partial charge in [0.25, 0.3) is 5.91 Å². The first-order chi connectivity index (χ1) is 9.00. The van der Waals surface area contributed by atoms with Crippen molar-refractivity contribution >= 4 is 51.5 Å². The Kier molecular flexibility index (Phi) is 4.31. The second-order valence-corrected chi connectivity index (χ2v) is 5.65. The van der Waals surface area contributed by atoms with Crippen LogP contribution in [0.3, 0.4) is 0 Å². The van der Waals surface area contributed by atoms with Gasteiger partial charge >= 0.3 is 0 Å². The first-order valence-electron chi connectivity index (χ1n) is 5.58. The Hall–Kier alpha value is -1.27. The van der Waals surface area contributed by atoms with E-state index in [0.29, 0.717) is 22.0 Å². The SMILES string of the molecule is CN(C(=O)c1ccccc1I)c1cc(Cl)ccc1N. The van der Waals surface area contributed by atoms with Gasteiger partial charge in [0.05, 0.1) is 16.9 Å². The Morgan fingerprint density at radius 1 is 1.26 bits per heavy atom. The van der Waals surface area contributed by atoms with Crippen molar-refractivity contribution in [3.63, 3.8) is 0 Å². The van der Waals surface area contributed by atoms with Gasteiger partial charge in [0.15, 0.2) is 0 Å². The van der Waals surface area contributed by atoms with Crippen LogP contribution in [0.25, 0.3) is 0 Å². The molecule has 0 aliphatic heterocycles. The van der Waals surface area contributed by atoms with E-state index in [1.165, 1.54) is 4.90 Å². The number of hydrogen-bond donors (Lipinski definition) is 1. The van der Waals surface area contributed by atoms with Gasteiger partial charge in [-0.25, -0.2) is 0 Å². The summed E-state index contributed by atoms with van der Waals surface area (Å²) in [5.41, 5.74) is 7.66. The smallest absolute Gasteiger partial charge is 0.259 e. The molecule has 0 aliphatic carbocycles. The predicted octanol–water partition coefficient (Wildman–Crippen LogP) is 3.80. The molecular weight excluding hydrogens is 375 g/mol. The van der Waals surface area contributed by atoms with Crippen LogP contribution in [0.2, 0.25) is 5.02 Å². The molecule has 0 saturated carbocycles. The maximum Gasteiger partial charge on any atom is 0.259 e. The molecule has 2 N–H and O–H groups in total. The Labute approximate surface area is 130 Å². The summed E-state index contributed by atoms with van der Waals surface area (Å²) < 4.78 is 0.901. The van der Waals surface area contributed by atoms with Gasteiger partial charge < -0.3 is 10.6 Å². The number of nitrogens with two attached hydrogens (primary N) is 1. The predicted molar refractivity (Wildman–Crippen MR) is 87.8 cm³/mol. The largest absolute Gasteiger partial charge is 0.397 e. The van der Waals surface area contributed by atoms with Crippen LogP contribution in [0, 0.1) is 3.57 Å². The zero-order valence-electron chi connectivity index (χ0n) is 10.2. The standard InChI is InChI=1S/C14H12ClIN2O/c1-18(13-8-9(15)6-7-12(13)17)14(19)10-4-2-3-5-11(10)16/h2-8H,17H2,1H3. The Morgan fingerprint density at radius 2 is 1.95 bits per heavy atom. The molecule has 19 heavy (non-hydrogen) atoms. The average molecular weight is 387 g/mol. The fourth-order valence-corrected chi connectivity index (χ4v) is 2.52. The summed E-state index contributed by atoms with van der Waals surface area (Å²) in [5.74, 6) is -0.112. The van der Waals surface area contributed by atoms with Crippen molar-refractivity contribution in [3.8, 4) is 0 Å². The Morgan fingerprint density at radius 3 is 2.63 bits per heavy atom. The minimum Gasteiger partial charge on any atom is -0.397 e. The van der Waals surface area contributed by atoms with E-state index in [1.54, 1.807) is 31.3 Å². The molecule has 2 aromatic carbocycles. The van der Waals surface area contributed by atoms with Crippen molar-refractivity contribution in [1.29, 1.82) is 0 Å². The van der Waals surface area contributed by atoms with Gasteiger partial charge in [0.1, 0.15) is 0 Å². The van der Waals surface area contributed by atoms with E-state index in [-0.39, 0.29) is 5.91 Å². The van der Waals surface area contributed by atoms with Crippen molar-refractivity contribution in [2.45, 2.75) is 0 Å². The quantitative estimate of drug-likeness (QED) is 0.630. The van der Waals surface area contributed by atoms with Gasteiger partial charge in [-0.2, -0.15) is 0 Å². The lowest BCUT2D eigenvalue weighted by molar-refractivity contribution is 0.0992. The molecule has 98 valence electrons. The molecule has 0 unspecified atom stereocenters. The lowest BCUT2D eigenvalue weighted by atomic mass is 10.2. The zero-order valence-corrected chi connectivity index (χ0v) is 13.1. The molecular formula is C14H12ClIN2O. The third-order valence-corrected chi connectivity index (χ3v) is 3.94. The van der Waals surface area contributed by atoms with E-state index < -0.39 is 0 Å². The highest BCUT2D eigenvalue weighted by Gasteiger charge is 2.17. The number of rotatable bonds is 2. The molecule has 0 fully saturated rings. The molecule has 0 aromatic heterocycles. The molecule has 0 bridgehead atoms. The summed E-state index contributed by atoms with van der Waals surface area (Å²) in [6, 6.07) is 12.5. The average Bonchev–Trinajstić information content (AvgIpc) is 2.40. The van der Waals surface area contributed by atoms with Crippen LogP contribution in [0.15, 0.2) is 42.5 Å². The molecule has 5 heteroatoms. The highest BCUT2D eigenvalue weighted by molar-refractivity contribution is 14.1. The lowest BCUT2D eigenvalue weighted by Gasteiger charge is -2.20. The van der Waals surface area contributed by atoms with Crippen LogP contribution in [-0.2, 0) is 0 Å². The van der Waals surface area contributed by atoms with Crippen LogP contribution in [0.1, 0.15) is 10.4 Å². The van der Waals surface area contributed by atoms with Gasteiger partial charge in [0.2, 0.25) is 0 Å². The van der Waals surface area contributed by atoms with Gasteiger partial charge in [-0.05, 0) is 52.9 Å². The molecule has 2 aromatic rings. The zero-order chi connectivity index (χ0) is 14.0. The molecule has 0 aliphatic rings.